The van der Waals surface area contributed by atoms with E-state index in [9.17, 15) is 17.6 Å². The molecule has 1 aromatic rings. The Hall–Kier alpha value is -1.34. The zero-order valence-electron chi connectivity index (χ0n) is 10.8. The van der Waals surface area contributed by atoms with Crippen molar-refractivity contribution < 1.29 is 27.0 Å². The van der Waals surface area contributed by atoms with Crippen LogP contribution in [0.25, 0.3) is 0 Å². The number of benzene rings is 1. The molecule has 2 N–H and O–H groups in total. The molecule has 1 aromatic carbocycles. The third-order valence-electron chi connectivity index (χ3n) is 3.18. The quantitative estimate of drug-likeness (QED) is 0.868. The van der Waals surface area contributed by atoms with Gasteiger partial charge in [-0.15, -0.1) is 0 Å². The Morgan fingerprint density at radius 2 is 2.05 bits per heavy atom. The van der Waals surface area contributed by atoms with Crippen molar-refractivity contribution in [2.45, 2.75) is 37.8 Å². The van der Waals surface area contributed by atoms with Crippen LogP contribution in [-0.4, -0.2) is 24.9 Å². The minimum atomic E-state index is -4.75. The van der Waals surface area contributed by atoms with Crippen LogP contribution < -0.4 is 10.5 Å². The molecule has 0 heterocycles. The second kappa shape index (κ2) is 5.57. The van der Waals surface area contributed by atoms with Crippen molar-refractivity contribution in [3.05, 3.63) is 29.6 Å². The second-order valence-corrected chi connectivity index (χ2v) is 4.62. The predicted octanol–water partition coefficient (Wildman–Crippen LogP) is 2.73. The van der Waals surface area contributed by atoms with E-state index < -0.39 is 23.7 Å². The van der Waals surface area contributed by atoms with E-state index in [1.165, 1.54) is 0 Å². The molecule has 0 radical (unpaired) electrons. The average Bonchev–Trinajstić information content (AvgIpc) is 2.36. The molecular formula is C13H15F4NO2. The van der Waals surface area contributed by atoms with Gasteiger partial charge in [0.05, 0.1) is 5.56 Å². The lowest BCUT2D eigenvalue weighted by atomic mass is 9.86. The minimum Gasteiger partial charge on any atom is -0.488 e. The molecule has 0 amide bonds. The fourth-order valence-corrected chi connectivity index (χ4v) is 2.12. The lowest BCUT2D eigenvalue weighted by Gasteiger charge is -2.41. The summed E-state index contributed by atoms with van der Waals surface area (Å²) in [6, 6.07) is 2.37. The molecule has 0 bridgehead atoms. The van der Waals surface area contributed by atoms with Gasteiger partial charge in [0.1, 0.15) is 23.8 Å². The third-order valence-corrected chi connectivity index (χ3v) is 3.18. The topological polar surface area (TPSA) is 44.5 Å². The molecule has 0 aromatic heterocycles. The molecule has 1 aliphatic carbocycles. The van der Waals surface area contributed by atoms with Crippen LogP contribution in [0.3, 0.4) is 0 Å². The highest BCUT2D eigenvalue weighted by atomic mass is 19.4. The SMILES string of the molecule is CCOC1C(N)CC1Oc1ccc(F)c(C(F)(F)F)c1. The Labute approximate surface area is 113 Å². The maximum Gasteiger partial charge on any atom is 0.419 e. The van der Waals surface area contributed by atoms with Gasteiger partial charge in [0, 0.05) is 19.1 Å². The molecular weight excluding hydrogens is 278 g/mol. The Kier molecular flexibility index (Phi) is 4.19. The molecule has 1 saturated carbocycles. The number of ether oxygens (including phenoxy) is 2. The number of hydrogen-bond donors (Lipinski definition) is 1. The van der Waals surface area contributed by atoms with Crippen LogP contribution in [0, 0.1) is 5.82 Å². The molecule has 1 aliphatic rings. The van der Waals surface area contributed by atoms with Gasteiger partial charge >= 0.3 is 6.18 Å². The van der Waals surface area contributed by atoms with E-state index in [-0.39, 0.29) is 17.9 Å². The number of hydrogen-bond acceptors (Lipinski definition) is 3. The summed E-state index contributed by atoms with van der Waals surface area (Å²) in [5.74, 6) is -1.36. The van der Waals surface area contributed by atoms with Crippen LogP contribution in [0.1, 0.15) is 18.9 Å². The standard InChI is InChI=1S/C13H15F4NO2/c1-2-19-12-10(18)6-11(12)20-7-3-4-9(14)8(5-7)13(15,16)17/h3-5,10-12H,2,6,18H2,1H3. The molecule has 1 fully saturated rings. The first kappa shape index (κ1) is 15.1. The molecule has 112 valence electrons. The average molecular weight is 293 g/mol. The van der Waals surface area contributed by atoms with Gasteiger partial charge < -0.3 is 15.2 Å². The van der Waals surface area contributed by atoms with E-state index in [1.54, 1.807) is 6.92 Å². The summed E-state index contributed by atoms with van der Waals surface area (Å²) in [6.07, 6.45) is -5.02. The van der Waals surface area contributed by atoms with Crippen LogP contribution in [0.15, 0.2) is 18.2 Å². The lowest BCUT2D eigenvalue weighted by Crippen LogP contribution is -2.59. The van der Waals surface area contributed by atoms with Gasteiger partial charge in [-0.3, -0.25) is 0 Å². The van der Waals surface area contributed by atoms with Gasteiger partial charge in [-0.1, -0.05) is 0 Å². The molecule has 3 unspecified atom stereocenters. The van der Waals surface area contributed by atoms with E-state index in [4.69, 9.17) is 15.2 Å². The van der Waals surface area contributed by atoms with Gasteiger partial charge in [0.25, 0.3) is 0 Å². The summed E-state index contributed by atoms with van der Waals surface area (Å²) in [5.41, 5.74) is 4.39. The summed E-state index contributed by atoms with van der Waals surface area (Å²) < 4.78 is 61.6. The van der Waals surface area contributed by atoms with Gasteiger partial charge in [0.2, 0.25) is 0 Å². The Bertz CT molecular complexity index is 478. The number of alkyl halides is 3. The van der Waals surface area contributed by atoms with Crippen LogP contribution in [0.5, 0.6) is 5.75 Å². The van der Waals surface area contributed by atoms with Crippen molar-refractivity contribution in [3.8, 4) is 5.75 Å². The first-order chi connectivity index (χ1) is 9.32. The van der Waals surface area contributed by atoms with E-state index >= 15 is 0 Å². The maximum absolute atomic E-state index is 13.1. The van der Waals surface area contributed by atoms with Crippen molar-refractivity contribution in [2.75, 3.05) is 6.61 Å². The number of nitrogens with two attached hydrogens (primary N) is 1. The van der Waals surface area contributed by atoms with Crippen LogP contribution in [0.4, 0.5) is 17.6 Å². The summed E-state index contributed by atoms with van der Waals surface area (Å²) in [7, 11) is 0. The zero-order valence-corrected chi connectivity index (χ0v) is 10.8. The van der Waals surface area contributed by atoms with Gasteiger partial charge in [-0.05, 0) is 25.1 Å². The van der Waals surface area contributed by atoms with E-state index in [1.807, 2.05) is 0 Å². The predicted molar refractivity (Wildman–Crippen MR) is 63.8 cm³/mol. The fraction of sp³-hybridized carbons (Fsp3) is 0.538. The summed E-state index contributed by atoms with van der Waals surface area (Å²) >= 11 is 0. The second-order valence-electron chi connectivity index (χ2n) is 4.62. The van der Waals surface area contributed by atoms with Crippen molar-refractivity contribution in [1.82, 2.24) is 0 Å². The molecule has 3 nitrogen and oxygen atoms in total. The molecule has 20 heavy (non-hydrogen) atoms. The first-order valence-electron chi connectivity index (χ1n) is 6.23. The highest BCUT2D eigenvalue weighted by molar-refractivity contribution is 5.32. The molecule has 2 rings (SSSR count). The van der Waals surface area contributed by atoms with Crippen molar-refractivity contribution >= 4 is 0 Å². The molecule has 0 spiro atoms. The third kappa shape index (κ3) is 3.04. The highest BCUT2D eigenvalue weighted by Crippen LogP contribution is 2.35. The van der Waals surface area contributed by atoms with Crippen molar-refractivity contribution in [3.63, 3.8) is 0 Å². The Balaban J connectivity index is 2.11. The summed E-state index contributed by atoms with van der Waals surface area (Å²) in [5, 5.41) is 0. The van der Waals surface area contributed by atoms with E-state index in [0.29, 0.717) is 19.1 Å². The molecule has 0 aliphatic heterocycles. The van der Waals surface area contributed by atoms with Gasteiger partial charge in [-0.2, -0.15) is 13.2 Å². The normalized spacial score (nSPS) is 26.2. The zero-order chi connectivity index (χ0) is 14.9. The highest BCUT2D eigenvalue weighted by Gasteiger charge is 2.42. The van der Waals surface area contributed by atoms with Gasteiger partial charge in [0.15, 0.2) is 0 Å². The summed E-state index contributed by atoms with van der Waals surface area (Å²) in [4.78, 5) is 0. The monoisotopic (exact) mass is 293 g/mol. The number of halogens is 4. The lowest BCUT2D eigenvalue weighted by molar-refractivity contribution is -0.140. The van der Waals surface area contributed by atoms with E-state index in [2.05, 4.69) is 0 Å². The molecule has 0 saturated heterocycles. The van der Waals surface area contributed by atoms with Crippen LogP contribution in [0.2, 0.25) is 0 Å². The fourth-order valence-electron chi connectivity index (χ4n) is 2.12. The summed E-state index contributed by atoms with van der Waals surface area (Å²) in [6.45, 7) is 2.23. The molecule has 7 heteroatoms. The Morgan fingerprint density at radius 1 is 1.35 bits per heavy atom. The van der Waals surface area contributed by atoms with Gasteiger partial charge in [-0.25, -0.2) is 4.39 Å². The van der Waals surface area contributed by atoms with Crippen LogP contribution in [-0.2, 0) is 10.9 Å². The maximum atomic E-state index is 13.1. The van der Waals surface area contributed by atoms with Crippen LogP contribution >= 0.6 is 0 Å². The smallest absolute Gasteiger partial charge is 0.419 e. The Morgan fingerprint density at radius 3 is 2.60 bits per heavy atom. The minimum absolute atomic E-state index is 0.0414. The number of rotatable bonds is 4. The van der Waals surface area contributed by atoms with Crippen molar-refractivity contribution in [2.24, 2.45) is 5.73 Å². The molecule has 3 atom stereocenters. The van der Waals surface area contributed by atoms with E-state index in [0.717, 1.165) is 12.1 Å². The first-order valence-corrected chi connectivity index (χ1v) is 6.23. The van der Waals surface area contributed by atoms with Crippen molar-refractivity contribution in [1.29, 1.82) is 0 Å². The largest absolute Gasteiger partial charge is 0.488 e.